The maximum atomic E-state index is 12.6. The van der Waals surface area contributed by atoms with Gasteiger partial charge in [0.15, 0.2) is 0 Å². The van der Waals surface area contributed by atoms with Gasteiger partial charge in [0.1, 0.15) is 5.75 Å². The predicted octanol–water partition coefficient (Wildman–Crippen LogP) is 2.78. The number of amides is 1. The van der Waals surface area contributed by atoms with Gasteiger partial charge in [0.05, 0.1) is 19.3 Å². The number of ether oxygens (including phenoxy) is 1. The van der Waals surface area contributed by atoms with Crippen LogP contribution in [0.1, 0.15) is 11.1 Å². The molecule has 144 valence electrons. The molecule has 5 nitrogen and oxygen atoms in total. The molecule has 0 N–H and O–H groups in total. The summed E-state index contributed by atoms with van der Waals surface area (Å²) in [6.07, 6.45) is 0. The first-order valence-corrected chi connectivity index (χ1v) is 9.47. The van der Waals surface area contributed by atoms with E-state index in [9.17, 15) is 4.79 Å². The van der Waals surface area contributed by atoms with E-state index in [1.54, 1.807) is 7.11 Å². The molecule has 0 saturated carbocycles. The number of aryl methyl sites for hydroxylation is 1. The summed E-state index contributed by atoms with van der Waals surface area (Å²) >= 11 is 0. The smallest absolute Gasteiger partial charge is 0.236 e. The van der Waals surface area contributed by atoms with Crippen LogP contribution in [0.2, 0.25) is 0 Å². The molecule has 0 aromatic heterocycles. The number of anilines is 1. The summed E-state index contributed by atoms with van der Waals surface area (Å²) in [5.74, 6) is 1.07. The van der Waals surface area contributed by atoms with Crippen LogP contribution in [0.4, 0.5) is 5.69 Å². The zero-order chi connectivity index (χ0) is 19.2. The Bertz CT molecular complexity index is 770. The number of carbonyl (C=O) groups excluding carboxylic acids is 1. The fraction of sp³-hybridized carbons (Fsp3) is 0.409. The Hall–Kier alpha value is -2.53. The third-order valence-electron chi connectivity index (χ3n) is 5.25. The van der Waals surface area contributed by atoms with Gasteiger partial charge < -0.3 is 14.5 Å². The molecular weight excluding hydrogens is 338 g/mol. The quantitative estimate of drug-likeness (QED) is 0.787. The summed E-state index contributed by atoms with van der Waals surface area (Å²) in [5.41, 5.74) is 3.56. The van der Waals surface area contributed by atoms with E-state index in [0.717, 1.165) is 37.6 Å². The number of benzene rings is 2. The van der Waals surface area contributed by atoms with Crippen molar-refractivity contribution >= 4 is 11.6 Å². The number of methoxy groups -OCH3 is 1. The van der Waals surface area contributed by atoms with E-state index in [-0.39, 0.29) is 5.91 Å². The van der Waals surface area contributed by atoms with Gasteiger partial charge in [-0.1, -0.05) is 36.4 Å². The van der Waals surface area contributed by atoms with Crippen molar-refractivity contribution in [3.8, 4) is 5.75 Å². The van der Waals surface area contributed by atoms with E-state index >= 15 is 0 Å². The fourth-order valence-electron chi connectivity index (χ4n) is 3.48. The van der Waals surface area contributed by atoms with E-state index in [2.05, 4.69) is 34.9 Å². The summed E-state index contributed by atoms with van der Waals surface area (Å²) in [6, 6.07) is 16.3. The lowest BCUT2D eigenvalue weighted by Gasteiger charge is -2.36. The van der Waals surface area contributed by atoms with Crippen molar-refractivity contribution < 1.29 is 9.53 Å². The molecule has 0 bridgehead atoms. The molecule has 2 aromatic carbocycles. The van der Waals surface area contributed by atoms with Gasteiger partial charge in [-0.25, -0.2) is 0 Å². The Morgan fingerprint density at radius 1 is 1.04 bits per heavy atom. The van der Waals surface area contributed by atoms with Crippen LogP contribution >= 0.6 is 0 Å². The summed E-state index contributed by atoms with van der Waals surface area (Å²) in [4.78, 5) is 19.0. The molecule has 27 heavy (non-hydrogen) atoms. The van der Waals surface area contributed by atoms with Gasteiger partial charge >= 0.3 is 0 Å². The van der Waals surface area contributed by atoms with Crippen LogP contribution in [-0.2, 0) is 11.3 Å². The summed E-state index contributed by atoms with van der Waals surface area (Å²) < 4.78 is 5.47. The van der Waals surface area contributed by atoms with E-state index in [1.807, 2.05) is 42.3 Å². The minimum atomic E-state index is 0.170. The van der Waals surface area contributed by atoms with Gasteiger partial charge in [0.2, 0.25) is 5.91 Å². The monoisotopic (exact) mass is 367 g/mol. The molecule has 1 aliphatic heterocycles. The summed E-state index contributed by atoms with van der Waals surface area (Å²) in [6.45, 7) is 6.77. The second-order valence-corrected chi connectivity index (χ2v) is 7.11. The molecule has 1 fully saturated rings. The van der Waals surface area contributed by atoms with E-state index < -0.39 is 0 Å². The van der Waals surface area contributed by atoms with Crippen molar-refractivity contribution in [2.45, 2.75) is 13.5 Å². The van der Waals surface area contributed by atoms with Crippen molar-refractivity contribution in [2.75, 3.05) is 51.8 Å². The highest BCUT2D eigenvalue weighted by Gasteiger charge is 2.22. The number of hydrogen-bond acceptors (Lipinski definition) is 4. The summed E-state index contributed by atoms with van der Waals surface area (Å²) in [5, 5.41) is 0. The number of hydrogen-bond donors (Lipinski definition) is 0. The molecule has 3 rings (SSSR count). The highest BCUT2D eigenvalue weighted by Crippen LogP contribution is 2.28. The number of nitrogens with zero attached hydrogens (tertiary/aromatic N) is 3. The topological polar surface area (TPSA) is 36.0 Å². The molecule has 1 amide bonds. The minimum absolute atomic E-state index is 0.170. The van der Waals surface area contributed by atoms with Crippen LogP contribution in [0.25, 0.3) is 0 Å². The average Bonchev–Trinajstić information content (AvgIpc) is 2.70. The molecule has 1 heterocycles. The Kier molecular flexibility index (Phi) is 6.35. The first-order valence-electron chi connectivity index (χ1n) is 9.47. The van der Waals surface area contributed by atoms with Gasteiger partial charge in [-0.2, -0.15) is 0 Å². The van der Waals surface area contributed by atoms with Crippen molar-refractivity contribution in [3.05, 3.63) is 59.7 Å². The standard InChI is InChI=1S/C22H29N3O2/c1-18-8-4-5-9-19(18)16-23(2)22(26)17-24-12-14-25(15-13-24)20-10-6-7-11-21(20)27-3/h4-11H,12-17H2,1-3H3. The van der Waals surface area contributed by atoms with Crippen LogP contribution in [0, 0.1) is 6.92 Å². The average molecular weight is 367 g/mol. The molecular formula is C22H29N3O2. The number of para-hydroxylation sites is 2. The van der Waals surface area contributed by atoms with Crippen LogP contribution in [0.5, 0.6) is 5.75 Å². The van der Waals surface area contributed by atoms with E-state index in [4.69, 9.17) is 4.74 Å². The number of piperazine rings is 1. The Morgan fingerprint density at radius 2 is 1.70 bits per heavy atom. The molecule has 0 aliphatic carbocycles. The second-order valence-electron chi connectivity index (χ2n) is 7.11. The molecule has 1 aliphatic rings. The lowest BCUT2D eigenvalue weighted by atomic mass is 10.1. The number of carbonyl (C=O) groups is 1. The first-order chi connectivity index (χ1) is 13.1. The third-order valence-corrected chi connectivity index (χ3v) is 5.25. The molecule has 0 spiro atoms. The zero-order valence-electron chi connectivity index (χ0n) is 16.5. The maximum Gasteiger partial charge on any atom is 0.236 e. The molecule has 0 atom stereocenters. The molecule has 5 heteroatoms. The summed E-state index contributed by atoms with van der Waals surface area (Å²) in [7, 11) is 3.60. The Balaban J connectivity index is 1.51. The van der Waals surface area contributed by atoms with Crippen molar-refractivity contribution in [3.63, 3.8) is 0 Å². The SMILES string of the molecule is COc1ccccc1N1CCN(CC(=O)N(C)Cc2ccccc2C)CC1. The number of likely N-dealkylation sites (N-methyl/N-ethyl adjacent to an activating group) is 1. The lowest BCUT2D eigenvalue weighted by Crippen LogP contribution is -2.49. The highest BCUT2D eigenvalue weighted by molar-refractivity contribution is 5.78. The lowest BCUT2D eigenvalue weighted by molar-refractivity contribution is -0.131. The molecule has 0 unspecified atom stereocenters. The van der Waals surface area contributed by atoms with Crippen molar-refractivity contribution in [1.29, 1.82) is 0 Å². The minimum Gasteiger partial charge on any atom is -0.495 e. The van der Waals surface area contributed by atoms with Crippen LogP contribution in [-0.4, -0.2) is 62.6 Å². The van der Waals surface area contributed by atoms with E-state index in [0.29, 0.717) is 13.1 Å². The molecule has 1 saturated heterocycles. The molecule has 2 aromatic rings. The van der Waals surface area contributed by atoms with Crippen LogP contribution < -0.4 is 9.64 Å². The second kappa shape index (κ2) is 8.91. The Labute approximate surface area is 162 Å². The van der Waals surface area contributed by atoms with Crippen LogP contribution in [0.3, 0.4) is 0 Å². The van der Waals surface area contributed by atoms with Crippen molar-refractivity contribution in [1.82, 2.24) is 9.80 Å². The predicted molar refractivity (Wildman–Crippen MR) is 109 cm³/mol. The van der Waals surface area contributed by atoms with Gasteiger partial charge in [0, 0.05) is 39.8 Å². The van der Waals surface area contributed by atoms with E-state index in [1.165, 1.54) is 11.1 Å². The molecule has 0 radical (unpaired) electrons. The van der Waals surface area contributed by atoms with Gasteiger partial charge in [-0.3, -0.25) is 9.69 Å². The van der Waals surface area contributed by atoms with Gasteiger partial charge in [0.25, 0.3) is 0 Å². The van der Waals surface area contributed by atoms with Gasteiger partial charge in [-0.05, 0) is 30.2 Å². The van der Waals surface area contributed by atoms with Crippen LogP contribution in [0.15, 0.2) is 48.5 Å². The third kappa shape index (κ3) is 4.80. The zero-order valence-corrected chi connectivity index (χ0v) is 16.5. The number of rotatable bonds is 6. The fourth-order valence-corrected chi connectivity index (χ4v) is 3.48. The normalized spacial score (nSPS) is 14.9. The maximum absolute atomic E-state index is 12.6. The van der Waals surface area contributed by atoms with Gasteiger partial charge in [-0.15, -0.1) is 0 Å². The highest BCUT2D eigenvalue weighted by atomic mass is 16.5. The largest absolute Gasteiger partial charge is 0.495 e. The first kappa shape index (κ1) is 19.2. The van der Waals surface area contributed by atoms with Crippen molar-refractivity contribution in [2.24, 2.45) is 0 Å². The Morgan fingerprint density at radius 3 is 2.41 bits per heavy atom.